The minimum absolute atomic E-state index is 0.0262. The van der Waals surface area contributed by atoms with Gasteiger partial charge in [-0.15, -0.1) is 0 Å². The largest absolute Gasteiger partial charge is 0.396 e. The minimum Gasteiger partial charge on any atom is -0.396 e. The van der Waals surface area contributed by atoms with Crippen molar-refractivity contribution in [3.8, 4) is 0 Å². The molecule has 0 atom stereocenters. The van der Waals surface area contributed by atoms with E-state index in [2.05, 4.69) is 15.9 Å². The maximum atomic E-state index is 13.3. The summed E-state index contributed by atoms with van der Waals surface area (Å²) < 4.78 is 40.0. The number of rotatable bonds is 2. The number of nitrogens with two attached hydrogens (primary N) is 1. The van der Waals surface area contributed by atoms with Gasteiger partial charge in [0.1, 0.15) is 5.82 Å². The molecule has 0 aromatic heterocycles. The molecule has 2 N–H and O–H groups in total. The molecular formula is C11H14BrFN2O2S2. The van der Waals surface area contributed by atoms with Gasteiger partial charge < -0.3 is 5.73 Å². The van der Waals surface area contributed by atoms with Crippen molar-refractivity contribution < 1.29 is 12.8 Å². The Kier molecular flexibility index (Phi) is 4.75. The molecule has 0 saturated carbocycles. The molecule has 0 amide bonds. The highest BCUT2D eigenvalue weighted by Crippen LogP contribution is 2.30. The number of nitrogens with zero attached hydrogens (tertiary/aromatic N) is 1. The molecular weight excluding hydrogens is 355 g/mol. The fourth-order valence-electron chi connectivity index (χ4n) is 1.85. The lowest BCUT2D eigenvalue weighted by Crippen LogP contribution is -2.33. The van der Waals surface area contributed by atoms with Gasteiger partial charge in [-0.25, -0.2) is 12.8 Å². The highest BCUT2D eigenvalue weighted by atomic mass is 79.9. The summed E-state index contributed by atoms with van der Waals surface area (Å²) in [6.45, 7) is 0.954. The Morgan fingerprint density at radius 2 is 2.05 bits per heavy atom. The number of anilines is 1. The summed E-state index contributed by atoms with van der Waals surface area (Å²) in [6.07, 6.45) is 0.818. The molecule has 1 saturated heterocycles. The molecule has 1 aromatic rings. The highest BCUT2D eigenvalue weighted by molar-refractivity contribution is 9.10. The van der Waals surface area contributed by atoms with Gasteiger partial charge in [-0.1, -0.05) is 0 Å². The third-order valence-corrected chi connectivity index (χ3v) is 6.76. The predicted octanol–water partition coefficient (Wildman–Crippen LogP) is 2.30. The van der Waals surface area contributed by atoms with Crippen LogP contribution in [0.2, 0.25) is 0 Å². The molecule has 0 spiro atoms. The molecule has 1 fully saturated rings. The van der Waals surface area contributed by atoms with Crippen LogP contribution in [0.5, 0.6) is 0 Å². The van der Waals surface area contributed by atoms with Crippen molar-refractivity contribution in [2.45, 2.75) is 11.3 Å². The lowest BCUT2D eigenvalue weighted by molar-refractivity contribution is 0.434. The SMILES string of the molecule is Nc1cc(S(=O)(=O)N2CCCSCC2)c(Br)cc1F. The number of halogens is 2. The Hall–Kier alpha value is -0.310. The molecule has 19 heavy (non-hydrogen) atoms. The molecule has 0 bridgehead atoms. The summed E-state index contributed by atoms with van der Waals surface area (Å²) in [6, 6.07) is 2.27. The minimum atomic E-state index is -3.63. The van der Waals surface area contributed by atoms with E-state index in [1.165, 1.54) is 10.4 Å². The smallest absolute Gasteiger partial charge is 0.244 e. The maximum absolute atomic E-state index is 13.3. The Morgan fingerprint density at radius 1 is 1.32 bits per heavy atom. The van der Waals surface area contributed by atoms with Gasteiger partial charge in [0, 0.05) is 23.3 Å². The molecule has 4 nitrogen and oxygen atoms in total. The van der Waals surface area contributed by atoms with Crippen LogP contribution >= 0.6 is 27.7 Å². The second kappa shape index (κ2) is 5.99. The Balaban J connectivity index is 2.41. The van der Waals surface area contributed by atoms with Gasteiger partial charge in [-0.2, -0.15) is 16.1 Å². The number of hydrogen-bond acceptors (Lipinski definition) is 4. The van der Waals surface area contributed by atoms with Crippen LogP contribution < -0.4 is 5.73 Å². The first-order valence-electron chi connectivity index (χ1n) is 5.75. The third-order valence-electron chi connectivity index (χ3n) is 2.85. The molecule has 0 radical (unpaired) electrons. The summed E-state index contributed by atoms with van der Waals surface area (Å²) in [5, 5.41) is 0. The zero-order valence-corrected chi connectivity index (χ0v) is 13.3. The molecule has 1 heterocycles. The fraction of sp³-hybridized carbons (Fsp3) is 0.455. The van der Waals surface area contributed by atoms with Crippen molar-refractivity contribution in [2.24, 2.45) is 0 Å². The first-order valence-corrected chi connectivity index (χ1v) is 9.14. The number of thioether (sulfide) groups is 1. The average Bonchev–Trinajstić information content (AvgIpc) is 2.62. The molecule has 1 aromatic carbocycles. The van der Waals surface area contributed by atoms with Crippen molar-refractivity contribution in [1.29, 1.82) is 0 Å². The molecule has 106 valence electrons. The van der Waals surface area contributed by atoms with Crippen molar-refractivity contribution in [3.63, 3.8) is 0 Å². The summed E-state index contributed by atoms with van der Waals surface area (Å²) in [7, 11) is -3.63. The second-order valence-electron chi connectivity index (χ2n) is 4.17. The highest BCUT2D eigenvalue weighted by Gasteiger charge is 2.28. The normalized spacial score (nSPS) is 18.2. The molecule has 1 aliphatic heterocycles. The van der Waals surface area contributed by atoms with E-state index in [0.717, 1.165) is 24.0 Å². The topological polar surface area (TPSA) is 63.4 Å². The van der Waals surface area contributed by atoms with Crippen LogP contribution in [-0.2, 0) is 10.0 Å². The summed E-state index contributed by atoms with van der Waals surface area (Å²) >= 11 is 4.83. The molecule has 0 aliphatic carbocycles. The van der Waals surface area contributed by atoms with E-state index < -0.39 is 15.8 Å². The van der Waals surface area contributed by atoms with Gasteiger partial charge in [0.05, 0.1) is 10.6 Å². The lowest BCUT2D eigenvalue weighted by Gasteiger charge is -2.20. The molecule has 8 heteroatoms. The Bertz CT molecular complexity index is 572. The van der Waals surface area contributed by atoms with Crippen LogP contribution in [0, 0.1) is 5.82 Å². The third kappa shape index (κ3) is 3.24. The number of hydrogen-bond donors (Lipinski definition) is 1. The van der Waals surface area contributed by atoms with Crippen molar-refractivity contribution in [1.82, 2.24) is 4.31 Å². The Labute approximate surface area is 124 Å². The number of benzene rings is 1. The van der Waals surface area contributed by atoms with E-state index in [0.29, 0.717) is 13.1 Å². The van der Waals surface area contributed by atoms with Crippen LogP contribution in [0.4, 0.5) is 10.1 Å². The zero-order chi connectivity index (χ0) is 14.0. The Morgan fingerprint density at radius 3 is 2.79 bits per heavy atom. The summed E-state index contributed by atoms with van der Waals surface area (Å²) in [5.74, 6) is 1.10. The van der Waals surface area contributed by atoms with E-state index >= 15 is 0 Å². The van der Waals surface area contributed by atoms with E-state index in [9.17, 15) is 12.8 Å². The first-order chi connectivity index (χ1) is 8.93. The van der Waals surface area contributed by atoms with Crippen molar-refractivity contribution >= 4 is 43.4 Å². The van der Waals surface area contributed by atoms with Gasteiger partial charge in [0.25, 0.3) is 0 Å². The molecule has 0 unspecified atom stereocenters. The fourth-order valence-corrected chi connectivity index (χ4v) is 5.34. The van der Waals surface area contributed by atoms with Crippen molar-refractivity contribution in [2.75, 3.05) is 30.3 Å². The van der Waals surface area contributed by atoms with Gasteiger partial charge in [-0.3, -0.25) is 0 Å². The van der Waals surface area contributed by atoms with Crippen LogP contribution in [0.15, 0.2) is 21.5 Å². The monoisotopic (exact) mass is 368 g/mol. The average molecular weight is 369 g/mol. The standard InChI is InChI=1S/C11H14BrFN2O2S2/c12-8-6-9(13)10(14)7-11(8)19(16,17)15-2-1-4-18-5-3-15/h6-7H,1-5,14H2. The lowest BCUT2D eigenvalue weighted by atomic mass is 10.3. The molecule has 1 aliphatic rings. The van der Waals surface area contributed by atoms with Gasteiger partial charge in [-0.05, 0) is 40.2 Å². The van der Waals surface area contributed by atoms with Crippen LogP contribution in [0.3, 0.4) is 0 Å². The van der Waals surface area contributed by atoms with Crippen molar-refractivity contribution in [3.05, 3.63) is 22.4 Å². The summed E-state index contributed by atoms with van der Waals surface area (Å²) in [4.78, 5) is 0.0262. The van der Waals surface area contributed by atoms with E-state index in [1.807, 2.05) is 0 Å². The molecule has 2 rings (SSSR count). The van der Waals surface area contributed by atoms with Crippen LogP contribution in [0.1, 0.15) is 6.42 Å². The van der Waals surface area contributed by atoms with Gasteiger partial charge in [0.2, 0.25) is 10.0 Å². The van der Waals surface area contributed by atoms with Crippen LogP contribution in [0.25, 0.3) is 0 Å². The maximum Gasteiger partial charge on any atom is 0.244 e. The second-order valence-corrected chi connectivity index (χ2v) is 8.16. The van der Waals surface area contributed by atoms with Gasteiger partial charge >= 0.3 is 0 Å². The van der Waals surface area contributed by atoms with E-state index in [-0.39, 0.29) is 15.1 Å². The summed E-state index contributed by atoms with van der Waals surface area (Å²) in [5.41, 5.74) is 5.30. The number of nitrogen functional groups attached to an aromatic ring is 1. The van der Waals surface area contributed by atoms with Crippen LogP contribution in [-0.4, -0.2) is 37.3 Å². The zero-order valence-electron chi connectivity index (χ0n) is 10.1. The number of sulfonamides is 1. The first kappa shape index (κ1) is 15.1. The van der Waals surface area contributed by atoms with E-state index in [4.69, 9.17) is 5.73 Å². The quantitative estimate of drug-likeness (QED) is 0.813. The predicted molar refractivity (Wildman–Crippen MR) is 79.2 cm³/mol. The van der Waals surface area contributed by atoms with Gasteiger partial charge in [0.15, 0.2) is 0 Å². The van der Waals surface area contributed by atoms with E-state index in [1.54, 1.807) is 11.8 Å².